The Morgan fingerprint density at radius 2 is 1.10 bits per heavy atom. The molecule has 13 aromatic rings. The predicted molar refractivity (Wildman–Crippen MR) is 248 cm³/mol. The van der Waals surface area contributed by atoms with E-state index in [2.05, 4.69) is 187 Å². The molecule has 0 aliphatic rings. The first kappa shape index (κ1) is 32.5. The summed E-state index contributed by atoms with van der Waals surface area (Å²) in [4.78, 5) is 10.8. The van der Waals surface area contributed by atoms with Crippen molar-refractivity contribution in [2.75, 3.05) is 0 Å². The molecule has 13 rings (SSSR count). The number of benzene rings is 9. The second-order valence-corrected chi connectivity index (χ2v) is 16.4. The van der Waals surface area contributed by atoms with E-state index in [0.717, 1.165) is 66.6 Å². The minimum absolute atomic E-state index is 0.525. The van der Waals surface area contributed by atoms with Gasteiger partial charge in [-0.25, -0.2) is 9.97 Å². The van der Waals surface area contributed by atoms with Gasteiger partial charge in [0.1, 0.15) is 16.8 Å². The molecule has 0 saturated carbocycles. The number of rotatable bonds is 4. The number of fused-ring (bicyclic) bond motifs is 11. The molecule has 4 nitrogen and oxygen atoms in total. The highest BCUT2D eigenvalue weighted by Crippen LogP contribution is 2.43. The fraction of sp³-hybridized carbons (Fsp3) is 0. The second-order valence-electron chi connectivity index (χ2n) is 15.3. The molecule has 59 heavy (non-hydrogen) atoms. The molecule has 274 valence electrons. The summed E-state index contributed by atoms with van der Waals surface area (Å²) in [6.07, 6.45) is 0. The van der Waals surface area contributed by atoms with Gasteiger partial charge in [-0.3, -0.25) is 0 Å². The second kappa shape index (κ2) is 12.4. The molecular weight excluding hydrogens is 739 g/mol. The van der Waals surface area contributed by atoms with Crippen molar-refractivity contribution in [2.24, 2.45) is 0 Å². The van der Waals surface area contributed by atoms with Crippen molar-refractivity contribution in [2.45, 2.75) is 0 Å². The maximum Gasteiger partial charge on any atom is 0.246 e. The highest BCUT2D eigenvalue weighted by Gasteiger charge is 2.22. The molecule has 0 spiro atoms. The number of thiophene rings is 1. The number of nitrogens with zero attached hydrogens (tertiary/aromatic N) is 3. The lowest BCUT2D eigenvalue weighted by molar-refractivity contribution is 0.654. The summed E-state index contributed by atoms with van der Waals surface area (Å²) < 4.78 is 11.6. The van der Waals surface area contributed by atoms with Crippen LogP contribution in [-0.2, 0) is 0 Å². The van der Waals surface area contributed by atoms with Crippen molar-refractivity contribution in [3.8, 4) is 39.3 Å². The Hall–Kier alpha value is -7.60. The summed E-state index contributed by atoms with van der Waals surface area (Å²) in [6.45, 7) is 0. The van der Waals surface area contributed by atoms with Crippen molar-refractivity contribution < 1.29 is 4.42 Å². The number of aromatic nitrogens is 3. The van der Waals surface area contributed by atoms with E-state index in [1.54, 1.807) is 0 Å². The normalized spacial score (nSPS) is 12.1. The largest absolute Gasteiger partial charge is 0.436 e. The highest BCUT2D eigenvalue weighted by molar-refractivity contribution is 7.25. The quantitative estimate of drug-likeness (QED) is 0.179. The average Bonchev–Trinajstić information content (AvgIpc) is 3.96. The Kier molecular flexibility index (Phi) is 6.85. The van der Waals surface area contributed by atoms with Crippen molar-refractivity contribution in [3.05, 3.63) is 188 Å². The molecule has 0 atom stereocenters. The first-order chi connectivity index (χ1) is 29.2. The standard InChI is InChI=1S/C54H31N3OS/c1-2-12-32(13-3-1)51-52(55-53-42-24-22-36(31-48(42)58-54(53)56-51)35-23-27-50-44(29-35)40-19-9-11-21-49(40)59-50)41-25-26-46(38-17-7-6-16-37(38)41)57-45-20-10-8-18-39(45)43-28-33-14-4-5-15-34(33)30-47(43)57/h1-31H. The third-order valence-corrected chi connectivity index (χ3v) is 13.2. The van der Waals surface area contributed by atoms with Crippen molar-refractivity contribution in [1.29, 1.82) is 0 Å². The van der Waals surface area contributed by atoms with Gasteiger partial charge in [0, 0.05) is 52.8 Å². The lowest BCUT2D eigenvalue weighted by Crippen LogP contribution is -1.99. The van der Waals surface area contributed by atoms with E-state index in [0.29, 0.717) is 5.71 Å². The molecule has 0 bridgehead atoms. The van der Waals surface area contributed by atoms with Crippen LogP contribution in [0, 0.1) is 0 Å². The van der Waals surface area contributed by atoms with Crippen LogP contribution in [-0.4, -0.2) is 14.5 Å². The summed E-state index contributed by atoms with van der Waals surface area (Å²) in [5, 5.41) is 10.7. The Balaban J connectivity index is 1.02. The summed E-state index contributed by atoms with van der Waals surface area (Å²) in [5.74, 6) is 0. The molecule has 0 fully saturated rings. The van der Waals surface area contributed by atoms with Crippen LogP contribution in [0.15, 0.2) is 192 Å². The van der Waals surface area contributed by atoms with Crippen molar-refractivity contribution >= 4 is 97.1 Å². The van der Waals surface area contributed by atoms with Gasteiger partial charge in [0.2, 0.25) is 5.71 Å². The lowest BCUT2D eigenvalue weighted by atomic mass is 9.97. The maximum atomic E-state index is 6.60. The molecule has 0 aliphatic heterocycles. The first-order valence-corrected chi connectivity index (χ1v) is 20.7. The first-order valence-electron chi connectivity index (χ1n) is 19.9. The molecule has 0 amide bonds. The zero-order chi connectivity index (χ0) is 38.6. The van der Waals surface area contributed by atoms with Crippen LogP contribution in [0.3, 0.4) is 0 Å². The van der Waals surface area contributed by atoms with Crippen LogP contribution >= 0.6 is 11.3 Å². The molecule has 4 aromatic heterocycles. The highest BCUT2D eigenvalue weighted by atomic mass is 32.1. The van der Waals surface area contributed by atoms with Crippen LogP contribution in [0.1, 0.15) is 0 Å². The number of furan rings is 1. The van der Waals surface area contributed by atoms with E-state index < -0.39 is 0 Å². The number of para-hydroxylation sites is 1. The number of hydrogen-bond acceptors (Lipinski definition) is 4. The van der Waals surface area contributed by atoms with Gasteiger partial charge in [-0.05, 0) is 87.9 Å². The SMILES string of the molecule is c1ccc(-c2nc3oc4cc(-c5ccc6sc7ccccc7c6c5)ccc4c3nc2-c2ccc(-n3c4ccccc4c4cc5ccccc5cc43)c3ccccc23)cc1. The van der Waals surface area contributed by atoms with E-state index in [1.807, 2.05) is 17.4 Å². The van der Waals surface area contributed by atoms with Crippen LogP contribution in [0.25, 0.3) is 125 Å². The predicted octanol–water partition coefficient (Wildman–Crippen LogP) is 15.1. The van der Waals surface area contributed by atoms with Crippen LogP contribution in [0.2, 0.25) is 0 Å². The zero-order valence-corrected chi connectivity index (χ0v) is 32.4. The monoisotopic (exact) mass is 769 g/mol. The molecule has 4 heterocycles. The minimum Gasteiger partial charge on any atom is -0.436 e. The van der Waals surface area contributed by atoms with E-state index >= 15 is 0 Å². The van der Waals surface area contributed by atoms with Gasteiger partial charge in [-0.1, -0.05) is 127 Å². The van der Waals surface area contributed by atoms with Crippen LogP contribution in [0.5, 0.6) is 0 Å². The van der Waals surface area contributed by atoms with Gasteiger partial charge in [0.25, 0.3) is 0 Å². The Morgan fingerprint density at radius 3 is 1.98 bits per heavy atom. The average molecular weight is 770 g/mol. The molecule has 9 aromatic carbocycles. The van der Waals surface area contributed by atoms with Crippen molar-refractivity contribution in [1.82, 2.24) is 14.5 Å². The van der Waals surface area contributed by atoms with E-state index in [1.165, 1.54) is 52.8 Å². The zero-order valence-electron chi connectivity index (χ0n) is 31.6. The molecule has 0 N–H and O–H groups in total. The Bertz CT molecular complexity index is 3860. The topological polar surface area (TPSA) is 43.9 Å². The fourth-order valence-electron chi connectivity index (χ4n) is 9.24. The Morgan fingerprint density at radius 1 is 0.407 bits per heavy atom. The molecule has 5 heteroatoms. The van der Waals surface area contributed by atoms with Crippen LogP contribution < -0.4 is 0 Å². The van der Waals surface area contributed by atoms with Gasteiger partial charge >= 0.3 is 0 Å². The molecule has 0 aliphatic carbocycles. The van der Waals surface area contributed by atoms with Gasteiger partial charge in [0.05, 0.1) is 22.4 Å². The van der Waals surface area contributed by atoms with E-state index in [4.69, 9.17) is 14.4 Å². The third kappa shape index (κ3) is 4.89. The Labute approximate surface area is 341 Å². The van der Waals surface area contributed by atoms with Gasteiger partial charge in [-0.15, -0.1) is 11.3 Å². The summed E-state index contributed by atoms with van der Waals surface area (Å²) in [7, 11) is 0. The minimum atomic E-state index is 0.525. The van der Waals surface area contributed by atoms with Crippen molar-refractivity contribution in [3.63, 3.8) is 0 Å². The fourth-order valence-corrected chi connectivity index (χ4v) is 10.3. The molecule has 0 unspecified atom stereocenters. The molecule has 0 radical (unpaired) electrons. The van der Waals surface area contributed by atoms with Gasteiger partial charge < -0.3 is 8.98 Å². The van der Waals surface area contributed by atoms with Gasteiger partial charge in [-0.2, -0.15) is 0 Å². The van der Waals surface area contributed by atoms with E-state index in [-0.39, 0.29) is 0 Å². The summed E-state index contributed by atoms with van der Waals surface area (Å²) in [5.41, 5.74) is 11.4. The summed E-state index contributed by atoms with van der Waals surface area (Å²) >= 11 is 1.84. The summed E-state index contributed by atoms with van der Waals surface area (Å²) in [6, 6.07) is 67.4. The molecular formula is C54H31N3OS. The van der Waals surface area contributed by atoms with E-state index in [9.17, 15) is 0 Å². The van der Waals surface area contributed by atoms with Gasteiger partial charge in [0.15, 0.2) is 0 Å². The number of hydrogen-bond donors (Lipinski definition) is 0. The lowest BCUT2D eigenvalue weighted by Gasteiger charge is -2.16. The smallest absolute Gasteiger partial charge is 0.246 e. The molecule has 0 saturated heterocycles. The maximum absolute atomic E-state index is 6.60. The third-order valence-electron chi connectivity index (χ3n) is 12.0. The van der Waals surface area contributed by atoms with Crippen LogP contribution in [0.4, 0.5) is 0 Å².